The molecule has 1 heterocycles. The van der Waals surface area contributed by atoms with Gasteiger partial charge in [0.25, 0.3) is 0 Å². The molecule has 1 rings (SSSR count). The molecule has 1 aliphatic heterocycles. The number of hydrogen-bond acceptors (Lipinski definition) is 3. The van der Waals surface area contributed by atoms with Crippen molar-refractivity contribution in [2.75, 3.05) is 20.2 Å². The van der Waals surface area contributed by atoms with Crippen LogP contribution in [-0.4, -0.2) is 48.2 Å². The topological polar surface area (TPSA) is 52.6 Å². The largest absolute Gasteiger partial charge is 0.396 e. The summed E-state index contributed by atoms with van der Waals surface area (Å²) in [6.45, 7) is 2.93. The van der Waals surface area contributed by atoms with Crippen molar-refractivity contribution in [3.63, 3.8) is 0 Å². The predicted octanol–water partition coefficient (Wildman–Crippen LogP) is -0.422. The van der Waals surface area contributed by atoms with Crippen LogP contribution in [0.5, 0.6) is 0 Å². The number of nitrogens with one attached hydrogen (secondary N) is 1. The maximum absolute atomic E-state index is 11.6. The summed E-state index contributed by atoms with van der Waals surface area (Å²) in [5.74, 6) is 0.0957. The molecule has 4 nitrogen and oxygen atoms in total. The normalized spacial score (nSPS) is 30.4. The molecule has 2 N–H and O–H groups in total. The van der Waals surface area contributed by atoms with Gasteiger partial charge in [-0.2, -0.15) is 0 Å². The Labute approximate surface area is 78.9 Å². The zero-order valence-electron chi connectivity index (χ0n) is 8.29. The fraction of sp³-hybridized carbons (Fsp3) is 0.889. The third-order valence-corrected chi connectivity index (χ3v) is 2.48. The Balaban J connectivity index is 2.61. The number of aliphatic hydroxyl groups excluding tert-OH is 1. The summed E-state index contributed by atoms with van der Waals surface area (Å²) in [7, 11) is 1.81. The number of amides is 1. The lowest BCUT2D eigenvalue weighted by molar-refractivity contribution is -0.131. The molecule has 0 aromatic heterocycles. The predicted molar refractivity (Wildman–Crippen MR) is 50.3 cm³/mol. The van der Waals surface area contributed by atoms with E-state index in [-0.39, 0.29) is 18.6 Å². The van der Waals surface area contributed by atoms with Crippen molar-refractivity contribution in [3.8, 4) is 0 Å². The van der Waals surface area contributed by atoms with Crippen molar-refractivity contribution in [3.05, 3.63) is 0 Å². The highest BCUT2D eigenvalue weighted by Crippen LogP contribution is 2.07. The van der Waals surface area contributed by atoms with E-state index in [1.54, 1.807) is 4.90 Å². The van der Waals surface area contributed by atoms with Crippen LogP contribution in [0.4, 0.5) is 0 Å². The monoisotopic (exact) mass is 186 g/mol. The Hall–Kier alpha value is -0.610. The molecule has 1 aliphatic rings. The Bertz CT molecular complexity index is 184. The summed E-state index contributed by atoms with van der Waals surface area (Å²) in [5, 5.41) is 12.0. The van der Waals surface area contributed by atoms with Gasteiger partial charge in [-0.25, -0.2) is 0 Å². The molecule has 0 aromatic carbocycles. The summed E-state index contributed by atoms with van der Waals surface area (Å²) in [4.78, 5) is 13.4. The lowest BCUT2D eigenvalue weighted by atomic mass is 10.2. The van der Waals surface area contributed by atoms with Crippen molar-refractivity contribution in [1.29, 1.82) is 0 Å². The Morgan fingerprint density at radius 1 is 1.69 bits per heavy atom. The summed E-state index contributed by atoms with van der Waals surface area (Å²) >= 11 is 0. The molecule has 0 aliphatic carbocycles. The minimum atomic E-state index is -0.201. The summed E-state index contributed by atoms with van der Waals surface area (Å²) < 4.78 is 0. The third kappa shape index (κ3) is 2.67. The molecule has 0 bridgehead atoms. The summed E-state index contributed by atoms with van der Waals surface area (Å²) in [6.07, 6.45) is 1.48. The van der Waals surface area contributed by atoms with Gasteiger partial charge in [-0.1, -0.05) is 0 Å². The van der Waals surface area contributed by atoms with Crippen molar-refractivity contribution >= 4 is 5.91 Å². The van der Waals surface area contributed by atoms with Crippen LogP contribution in [0.2, 0.25) is 0 Å². The zero-order chi connectivity index (χ0) is 9.84. The first-order valence-electron chi connectivity index (χ1n) is 4.77. The number of carbonyl (C=O) groups excluding carboxylic acids is 1. The first-order chi connectivity index (χ1) is 6.15. The quantitative estimate of drug-likeness (QED) is 0.615. The number of hydrogen-bond donors (Lipinski definition) is 2. The lowest BCUT2D eigenvalue weighted by Gasteiger charge is -2.19. The highest BCUT2D eigenvalue weighted by molar-refractivity contribution is 5.81. The molecular weight excluding hydrogens is 168 g/mol. The molecule has 4 heteroatoms. The van der Waals surface area contributed by atoms with E-state index in [4.69, 9.17) is 5.11 Å². The van der Waals surface area contributed by atoms with Crippen LogP contribution in [0.25, 0.3) is 0 Å². The average molecular weight is 186 g/mol. The fourth-order valence-corrected chi connectivity index (χ4v) is 1.60. The molecule has 1 fully saturated rings. The maximum Gasteiger partial charge on any atom is 0.239 e. The first kappa shape index (κ1) is 10.5. The third-order valence-electron chi connectivity index (χ3n) is 2.48. The molecule has 1 amide bonds. The smallest absolute Gasteiger partial charge is 0.239 e. The van der Waals surface area contributed by atoms with E-state index < -0.39 is 0 Å². The Kier molecular flexibility index (Phi) is 3.69. The van der Waals surface area contributed by atoms with E-state index in [0.717, 1.165) is 13.0 Å². The van der Waals surface area contributed by atoms with Crippen molar-refractivity contribution < 1.29 is 9.90 Å². The van der Waals surface area contributed by atoms with Gasteiger partial charge >= 0.3 is 0 Å². The fourth-order valence-electron chi connectivity index (χ4n) is 1.60. The molecule has 0 radical (unpaired) electrons. The number of rotatable bonds is 2. The molecule has 0 spiro atoms. The second kappa shape index (κ2) is 4.58. The number of likely N-dealkylation sites (N-methyl/N-ethyl adjacent to an activating group) is 1. The van der Waals surface area contributed by atoms with Gasteiger partial charge in [-0.15, -0.1) is 0 Å². The minimum Gasteiger partial charge on any atom is -0.396 e. The van der Waals surface area contributed by atoms with Gasteiger partial charge in [0.2, 0.25) is 5.91 Å². The zero-order valence-corrected chi connectivity index (χ0v) is 8.29. The number of aliphatic hydroxyl groups is 1. The van der Waals surface area contributed by atoms with Gasteiger partial charge in [-0.3, -0.25) is 4.79 Å². The maximum atomic E-state index is 11.6. The molecular formula is C9H18N2O2. The molecule has 1 saturated heterocycles. The standard InChI is InChI=1S/C9H18N2O2/c1-7-3-5-11(2)9(13)8(10-7)4-6-12/h7-8,10,12H,3-6H2,1-2H3. The van der Waals surface area contributed by atoms with Crippen LogP contribution in [0.3, 0.4) is 0 Å². The van der Waals surface area contributed by atoms with E-state index in [0.29, 0.717) is 12.5 Å². The van der Waals surface area contributed by atoms with Gasteiger partial charge < -0.3 is 15.3 Å². The number of carbonyl (C=O) groups is 1. The van der Waals surface area contributed by atoms with E-state index in [2.05, 4.69) is 12.2 Å². The van der Waals surface area contributed by atoms with Crippen LogP contribution < -0.4 is 5.32 Å². The summed E-state index contributed by atoms with van der Waals surface area (Å²) in [5.41, 5.74) is 0. The second-order valence-electron chi connectivity index (χ2n) is 3.68. The first-order valence-corrected chi connectivity index (χ1v) is 4.77. The van der Waals surface area contributed by atoms with E-state index >= 15 is 0 Å². The van der Waals surface area contributed by atoms with Gasteiger partial charge in [-0.05, 0) is 19.8 Å². The van der Waals surface area contributed by atoms with Gasteiger partial charge in [0.05, 0.1) is 6.04 Å². The van der Waals surface area contributed by atoms with Crippen LogP contribution in [0.15, 0.2) is 0 Å². The highest BCUT2D eigenvalue weighted by Gasteiger charge is 2.26. The SMILES string of the molecule is CC1CCN(C)C(=O)C(CCO)N1. The Morgan fingerprint density at radius 3 is 3.00 bits per heavy atom. The van der Waals surface area contributed by atoms with Gasteiger partial charge in [0.15, 0.2) is 0 Å². The van der Waals surface area contributed by atoms with Crippen LogP contribution >= 0.6 is 0 Å². The minimum absolute atomic E-state index is 0.0595. The Morgan fingerprint density at radius 2 is 2.38 bits per heavy atom. The molecule has 2 unspecified atom stereocenters. The molecule has 2 atom stereocenters. The average Bonchev–Trinajstić information content (AvgIpc) is 2.21. The van der Waals surface area contributed by atoms with Gasteiger partial charge in [0, 0.05) is 26.2 Å². The van der Waals surface area contributed by atoms with E-state index in [1.807, 2.05) is 7.05 Å². The van der Waals surface area contributed by atoms with Crippen molar-refractivity contribution in [2.24, 2.45) is 0 Å². The van der Waals surface area contributed by atoms with Crippen LogP contribution in [0.1, 0.15) is 19.8 Å². The highest BCUT2D eigenvalue weighted by atomic mass is 16.3. The molecule has 0 aromatic rings. The van der Waals surface area contributed by atoms with Crippen LogP contribution in [0, 0.1) is 0 Å². The lowest BCUT2D eigenvalue weighted by Crippen LogP contribution is -2.44. The molecule has 0 saturated carbocycles. The van der Waals surface area contributed by atoms with Crippen molar-refractivity contribution in [1.82, 2.24) is 10.2 Å². The van der Waals surface area contributed by atoms with E-state index in [9.17, 15) is 4.79 Å². The molecule has 13 heavy (non-hydrogen) atoms. The van der Waals surface area contributed by atoms with Crippen LogP contribution in [-0.2, 0) is 4.79 Å². The summed E-state index contributed by atoms with van der Waals surface area (Å²) in [6, 6.07) is 0.151. The number of nitrogens with zero attached hydrogens (tertiary/aromatic N) is 1. The van der Waals surface area contributed by atoms with E-state index in [1.165, 1.54) is 0 Å². The van der Waals surface area contributed by atoms with Gasteiger partial charge in [0.1, 0.15) is 0 Å². The van der Waals surface area contributed by atoms with Crippen molar-refractivity contribution in [2.45, 2.75) is 31.8 Å². The second-order valence-corrected chi connectivity index (χ2v) is 3.68. The molecule has 76 valence electrons.